The summed E-state index contributed by atoms with van der Waals surface area (Å²) in [6.07, 6.45) is 1.76. The van der Waals surface area contributed by atoms with E-state index in [0.29, 0.717) is 23.9 Å². The molecule has 4 rings (SSSR count). The maximum atomic E-state index is 13.0. The number of anilines is 2. The number of amides is 2. The quantitative estimate of drug-likeness (QED) is 0.638. The first kappa shape index (κ1) is 23.3. The van der Waals surface area contributed by atoms with Gasteiger partial charge in [-0.3, -0.25) is 13.9 Å². The van der Waals surface area contributed by atoms with Gasteiger partial charge in [0.2, 0.25) is 10.0 Å². The van der Waals surface area contributed by atoms with Crippen LogP contribution < -0.4 is 19.7 Å². The Morgan fingerprint density at radius 3 is 2.73 bits per heavy atom. The molecule has 0 bridgehead atoms. The average Bonchev–Trinajstić information content (AvgIpc) is 3.30. The number of benzene rings is 2. The smallest absolute Gasteiger partial charge is 0.267 e. The van der Waals surface area contributed by atoms with Gasteiger partial charge < -0.3 is 20.1 Å². The lowest BCUT2D eigenvalue weighted by Crippen LogP contribution is -2.48. The van der Waals surface area contributed by atoms with E-state index in [1.165, 1.54) is 12.1 Å². The molecule has 2 atom stereocenters. The standard InChI is InChI=1S/C22H24ClN3O6S/c1-33(29,30)26-13-20(32-19-9-8-14(23)11-18(19)26)22(28)25-17-7-3-2-6-16(17)21(27)24-12-15-5-4-10-31-15/h2-3,6-9,11,15,20H,4-5,10,12-13H2,1H3,(H,24,27)(H,25,28)/t15-,20+/m0/s1. The number of halogens is 1. The Kier molecular flexibility index (Phi) is 6.78. The van der Waals surface area contributed by atoms with E-state index in [1.807, 2.05) is 0 Å². The molecular weight excluding hydrogens is 470 g/mol. The number of para-hydroxylation sites is 1. The zero-order chi connectivity index (χ0) is 23.6. The summed E-state index contributed by atoms with van der Waals surface area (Å²) in [7, 11) is -3.69. The highest BCUT2D eigenvalue weighted by Gasteiger charge is 2.35. The number of rotatable bonds is 6. The molecule has 0 radical (unpaired) electrons. The summed E-state index contributed by atoms with van der Waals surface area (Å²) < 4.78 is 37.1. The zero-order valence-corrected chi connectivity index (χ0v) is 19.5. The summed E-state index contributed by atoms with van der Waals surface area (Å²) >= 11 is 6.01. The van der Waals surface area contributed by atoms with Crippen LogP contribution in [0.4, 0.5) is 11.4 Å². The first-order valence-electron chi connectivity index (χ1n) is 10.5. The van der Waals surface area contributed by atoms with E-state index in [1.54, 1.807) is 30.3 Å². The molecule has 0 aromatic heterocycles. The highest BCUT2D eigenvalue weighted by Crippen LogP contribution is 2.37. The summed E-state index contributed by atoms with van der Waals surface area (Å²) in [5.74, 6) is -0.703. The number of nitrogens with one attached hydrogen (secondary N) is 2. The number of hydrogen-bond acceptors (Lipinski definition) is 6. The van der Waals surface area contributed by atoms with Crippen molar-refractivity contribution in [3.8, 4) is 5.75 Å². The van der Waals surface area contributed by atoms with Gasteiger partial charge in [-0.1, -0.05) is 23.7 Å². The number of sulfonamides is 1. The number of fused-ring (bicyclic) bond motifs is 1. The molecule has 2 amide bonds. The van der Waals surface area contributed by atoms with Crippen LogP contribution in [0.2, 0.25) is 5.02 Å². The van der Waals surface area contributed by atoms with Gasteiger partial charge in [0.1, 0.15) is 5.75 Å². The molecule has 0 spiro atoms. The first-order valence-corrected chi connectivity index (χ1v) is 12.7. The fraction of sp³-hybridized carbons (Fsp3) is 0.364. The molecule has 2 aromatic carbocycles. The first-order chi connectivity index (χ1) is 15.7. The fourth-order valence-corrected chi connectivity index (χ4v) is 4.86. The molecule has 0 unspecified atom stereocenters. The Morgan fingerprint density at radius 2 is 2.00 bits per heavy atom. The van der Waals surface area contributed by atoms with Crippen LogP contribution in [-0.4, -0.2) is 58.4 Å². The second-order valence-electron chi connectivity index (χ2n) is 7.89. The van der Waals surface area contributed by atoms with Crippen molar-refractivity contribution in [1.82, 2.24) is 5.32 Å². The normalized spacial score (nSPS) is 20.0. The highest BCUT2D eigenvalue weighted by molar-refractivity contribution is 7.92. The molecule has 9 nitrogen and oxygen atoms in total. The van der Waals surface area contributed by atoms with E-state index in [9.17, 15) is 18.0 Å². The van der Waals surface area contributed by atoms with Crippen molar-refractivity contribution in [2.24, 2.45) is 0 Å². The number of ether oxygens (including phenoxy) is 2. The minimum atomic E-state index is -3.69. The fourth-order valence-electron chi connectivity index (χ4n) is 3.79. The van der Waals surface area contributed by atoms with Crippen molar-refractivity contribution < 1.29 is 27.5 Å². The minimum absolute atomic E-state index is 0.0121. The summed E-state index contributed by atoms with van der Waals surface area (Å²) in [5, 5.41) is 5.88. The number of carbonyl (C=O) groups excluding carboxylic acids is 2. The maximum absolute atomic E-state index is 13.0. The Morgan fingerprint density at radius 1 is 1.21 bits per heavy atom. The van der Waals surface area contributed by atoms with Gasteiger partial charge in [-0.2, -0.15) is 0 Å². The van der Waals surface area contributed by atoms with E-state index in [-0.39, 0.29) is 35.6 Å². The minimum Gasteiger partial charge on any atom is -0.476 e. The van der Waals surface area contributed by atoms with Crippen molar-refractivity contribution in [3.05, 3.63) is 53.1 Å². The van der Waals surface area contributed by atoms with Crippen molar-refractivity contribution >= 4 is 44.8 Å². The molecule has 176 valence electrons. The molecule has 2 aliphatic rings. The number of hydrogen-bond donors (Lipinski definition) is 2. The third kappa shape index (κ3) is 5.40. The molecule has 11 heteroatoms. The summed E-state index contributed by atoms with van der Waals surface area (Å²) in [4.78, 5) is 25.7. The van der Waals surface area contributed by atoms with Crippen LogP contribution in [0.25, 0.3) is 0 Å². The monoisotopic (exact) mass is 493 g/mol. The molecule has 2 N–H and O–H groups in total. The van der Waals surface area contributed by atoms with Crippen LogP contribution in [-0.2, 0) is 19.6 Å². The van der Waals surface area contributed by atoms with Crippen LogP contribution in [0, 0.1) is 0 Å². The number of nitrogens with zero attached hydrogens (tertiary/aromatic N) is 1. The van der Waals surface area contributed by atoms with Gasteiger partial charge in [-0.05, 0) is 43.2 Å². The van der Waals surface area contributed by atoms with Crippen molar-refractivity contribution in [1.29, 1.82) is 0 Å². The lowest BCUT2D eigenvalue weighted by atomic mass is 10.1. The van der Waals surface area contributed by atoms with Crippen molar-refractivity contribution in [2.45, 2.75) is 25.0 Å². The third-order valence-electron chi connectivity index (χ3n) is 5.43. The van der Waals surface area contributed by atoms with Crippen LogP contribution in [0.3, 0.4) is 0 Å². The predicted molar refractivity (Wildman–Crippen MR) is 124 cm³/mol. The predicted octanol–water partition coefficient (Wildman–Crippen LogP) is 2.41. The Balaban J connectivity index is 1.50. The molecule has 1 saturated heterocycles. The Hall–Kier alpha value is -2.82. The number of carbonyl (C=O) groups is 2. The van der Waals surface area contributed by atoms with Crippen LogP contribution in [0.1, 0.15) is 23.2 Å². The topological polar surface area (TPSA) is 114 Å². The molecule has 2 aliphatic heterocycles. The van der Waals surface area contributed by atoms with Crippen LogP contribution in [0.15, 0.2) is 42.5 Å². The molecule has 0 aliphatic carbocycles. The summed E-state index contributed by atoms with van der Waals surface area (Å²) in [6.45, 7) is 0.843. The largest absolute Gasteiger partial charge is 0.476 e. The second-order valence-corrected chi connectivity index (χ2v) is 10.2. The lowest BCUT2D eigenvalue weighted by Gasteiger charge is -2.34. The highest BCUT2D eigenvalue weighted by atomic mass is 35.5. The van der Waals surface area contributed by atoms with Gasteiger partial charge in [0.05, 0.1) is 35.8 Å². The Labute approximate surface area is 197 Å². The SMILES string of the molecule is CS(=O)(=O)N1C[C@H](C(=O)Nc2ccccc2C(=O)NC[C@@H]2CCCO2)Oc2ccc(Cl)cc21. The summed E-state index contributed by atoms with van der Waals surface area (Å²) in [5.41, 5.74) is 0.846. The van der Waals surface area contributed by atoms with E-state index in [0.717, 1.165) is 23.4 Å². The van der Waals surface area contributed by atoms with E-state index >= 15 is 0 Å². The van der Waals surface area contributed by atoms with Crippen molar-refractivity contribution in [2.75, 3.05) is 35.6 Å². The van der Waals surface area contributed by atoms with E-state index in [2.05, 4.69) is 10.6 Å². The van der Waals surface area contributed by atoms with Crippen LogP contribution in [0.5, 0.6) is 5.75 Å². The maximum Gasteiger partial charge on any atom is 0.267 e. The second kappa shape index (κ2) is 9.58. The Bertz CT molecular complexity index is 1170. The summed E-state index contributed by atoms with van der Waals surface area (Å²) in [6, 6.07) is 11.1. The molecule has 0 saturated carbocycles. The van der Waals surface area contributed by atoms with Crippen LogP contribution >= 0.6 is 11.6 Å². The van der Waals surface area contributed by atoms with Gasteiger partial charge in [-0.25, -0.2) is 8.42 Å². The molecule has 1 fully saturated rings. The zero-order valence-electron chi connectivity index (χ0n) is 17.9. The van der Waals surface area contributed by atoms with E-state index < -0.39 is 22.0 Å². The molecule has 2 aromatic rings. The molecule has 33 heavy (non-hydrogen) atoms. The van der Waals surface area contributed by atoms with E-state index in [4.69, 9.17) is 21.1 Å². The third-order valence-corrected chi connectivity index (χ3v) is 6.81. The van der Waals surface area contributed by atoms with Gasteiger partial charge in [0, 0.05) is 18.2 Å². The van der Waals surface area contributed by atoms with Gasteiger partial charge in [-0.15, -0.1) is 0 Å². The van der Waals surface area contributed by atoms with Gasteiger partial charge in [0.15, 0.2) is 6.10 Å². The van der Waals surface area contributed by atoms with Crippen molar-refractivity contribution in [3.63, 3.8) is 0 Å². The van der Waals surface area contributed by atoms with Gasteiger partial charge >= 0.3 is 0 Å². The average molecular weight is 494 g/mol. The molecular formula is C22H24ClN3O6S. The molecule has 2 heterocycles. The van der Waals surface area contributed by atoms with Gasteiger partial charge in [0.25, 0.3) is 11.8 Å². The lowest BCUT2D eigenvalue weighted by molar-refractivity contribution is -0.122.